The van der Waals surface area contributed by atoms with Gasteiger partial charge in [-0.3, -0.25) is 14.6 Å². The molecule has 2 aliphatic heterocycles. The van der Waals surface area contributed by atoms with Gasteiger partial charge in [-0.1, -0.05) is 62.1 Å². The topological polar surface area (TPSA) is 23.6 Å². The zero-order valence-electron chi connectivity index (χ0n) is 23.0. The van der Waals surface area contributed by atoms with Gasteiger partial charge in [0.2, 0.25) is 0 Å². The summed E-state index contributed by atoms with van der Waals surface area (Å²) < 4.78 is 0. The van der Waals surface area contributed by atoms with Gasteiger partial charge in [0.05, 0.1) is 0 Å². The molecule has 0 radical (unpaired) electrons. The molecule has 2 aromatic carbocycles. The predicted octanol–water partition coefficient (Wildman–Crippen LogP) is 7.33. The molecule has 0 N–H and O–H groups in total. The van der Waals surface area contributed by atoms with Crippen LogP contribution in [0.2, 0.25) is 0 Å². The molecule has 0 aromatic heterocycles. The van der Waals surface area contributed by atoms with Crippen LogP contribution in [-0.2, 0) is 13.1 Å². The van der Waals surface area contributed by atoms with Crippen LogP contribution < -0.4 is 0 Å². The van der Waals surface area contributed by atoms with Gasteiger partial charge in [-0.25, -0.2) is 0 Å². The summed E-state index contributed by atoms with van der Waals surface area (Å²) in [5.41, 5.74) is 7.63. The summed E-state index contributed by atoms with van der Waals surface area (Å²) in [6.07, 6.45) is 10.1. The monoisotopic (exact) mass is 548 g/mol. The third kappa shape index (κ3) is 6.06. The average Bonchev–Trinajstić information content (AvgIpc) is 3.69. The summed E-state index contributed by atoms with van der Waals surface area (Å²) in [6.45, 7) is 6.64. The molecule has 4 aliphatic rings. The van der Waals surface area contributed by atoms with Crippen LogP contribution in [0, 0.1) is 0 Å². The number of benzene rings is 2. The van der Waals surface area contributed by atoms with Crippen LogP contribution in [0.5, 0.6) is 0 Å². The lowest BCUT2D eigenvalue weighted by atomic mass is 9.81. The minimum absolute atomic E-state index is 0.292. The van der Waals surface area contributed by atoms with Crippen molar-refractivity contribution in [2.75, 3.05) is 49.2 Å². The van der Waals surface area contributed by atoms with E-state index in [1.54, 1.807) is 0 Å². The lowest BCUT2D eigenvalue weighted by Gasteiger charge is -2.30. The summed E-state index contributed by atoms with van der Waals surface area (Å²) in [6, 6.07) is 13.3. The largest absolute Gasteiger partial charge is 0.297 e. The third-order valence-electron chi connectivity index (χ3n) is 9.40. The van der Waals surface area contributed by atoms with Crippen LogP contribution in [0.4, 0.5) is 0 Å². The number of hydrogen-bond acceptors (Lipinski definition) is 5. The van der Waals surface area contributed by atoms with E-state index in [9.17, 15) is 4.79 Å². The Morgan fingerprint density at radius 3 is 1.42 bits per heavy atom. The Kier molecular flexibility index (Phi) is 9.16. The molecule has 0 unspecified atom stereocenters. The molecular weight excluding hydrogens is 505 g/mol. The highest BCUT2D eigenvalue weighted by Gasteiger charge is 2.31. The predicted molar refractivity (Wildman–Crippen MR) is 164 cm³/mol. The molecule has 2 heterocycles. The Labute approximate surface area is 238 Å². The maximum atomic E-state index is 14.7. The van der Waals surface area contributed by atoms with E-state index in [0.717, 1.165) is 50.4 Å². The molecule has 0 atom stereocenters. The number of ketones is 1. The van der Waals surface area contributed by atoms with Gasteiger partial charge < -0.3 is 0 Å². The van der Waals surface area contributed by atoms with Crippen LogP contribution in [0.3, 0.4) is 0 Å². The van der Waals surface area contributed by atoms with Crippen molar-refractivity contribution in [1.29, 1.82) is 0 Å². The van der Waals surface area contributed by atoms with E-state index in [2.05, 4.69) is 69.7 Å². The van der Waals surface area contributed by atoms with Crippen LogP contribution in [0.25, 0.3) is 0 Å². The number of carbonyl (C=O) groups is 1. The minimum atomic E-state index is 0.292. The zero-order chi connectivity index (χ0) is 25.7. The van der Waals surface area contributed by atoms with Crippen molar-refractivity contribution in [3.8, 4) is 0 Å². The first-order valence-corrected chi connectivity index (χ1v) is 17.5. The molecule has 204 valence electrons. The van der Waals surface area contributed by atoms with Gasteiger partial charge in [-0.15, -0.1) is 0 Å². The van der Waals surface area contributed by atoms with E-state index in [0.29, 0.717) is 17.6 Å². The highest BCUT2D eigenvalue weighted by molar-refractivity contribution is 7.99. The fourth-order valence-electron chi connectivity index (χ4n) is 7.44. The van der Waals surface area contributed by atoms with Crippen molar-refractivity contribution in [2.45, 2.75) is 76.3 Å². The van der Waals surface area contributed by atoms with Crippen molar-refractivity contribution in [3.05, 3.63) is 69.8 Å². The molecule has 2 aromatic rings. The van der Waals surface area contributed by atoms with E-state index >= 15 is 0 Å². The highest BCUT2D eigenvalue weighted by Crippen LogP contribution is 2.42. The van der Waals surface area contributed by atoms with E-state index < -0.39 is 0 Å². The first-order chi connectivity index (χ1) is 18.8. The smallest absolute Gasteiger partial charge is 0.193 e. The van der Waals surface area contributed by atoms with Crippen LogP contribution in [0.1, 0.15) is 101 Å². The van der Waals surface area contributed by atoms with Crippen LogP contribution in [0.15, 0.2) is 36.4 Å². The summed E-state index contributed by atoms with van der Waals surface area (Å²) in [5.74, 6) is 6.27. The second-order valence-electron chi connectivity index (χ2n) is 11.8. The Morgan fingerprint density at radius 2 is 1.03 bits per heavy atom. The maximum Gasteiger partial charge on any atom is 0.193 e. The molecule has 6 rings (SSSR count). The normalized spacial score (nSPS) is 22.3. The van der Waals surface area contributed by atoms with Crippen LogP contribution >= 0.6 is 23.5 Å². The van der Waals surface area contributed by atoms with E-state index in [-0.39, 0.29) is 0 Å². The summed E-state index contributed by atoms with van der Waals surface area (Å²) >= 11 is 4.14. The first-order valence-electron chi connectivity index (χ1n) is 15.2. The van der Waals surface area contributed by atoms with Gasteiger partial charge in [0.15, 0.2) is 5.78 Å². The van der Waals surface area contributed by atoms with Crippen molar-refractivity contribution in [3.63, 3.8) is 0 Å². The fraction of sp³-hybridized carbons (Fsp3) is 0.606. The quantitative estimate of drug-likeness (QED) is 0.322. The van der Waals surface area contributed by atoms with Gasteiger partial charge in [-0.2, -0.15) is 23.5 Å². The summed E-state index contributed by atoms with van der Waals surface area (Å²) in [5, 5.41) is 0. The maximum absolute atomic E-state index is 14.7. The van der Waals surface area contributed by atoms with Gasteiger partial charge >= 0.3 is 0 Å². The molecule has 38 heavy (non-hydrogen) atoms. The van der Waals surface area contributed by atoms with E-state index in [1.165, 1.54) is 96.6 Å². The van der Waals surface area contributed by atoms with Crippen molar-refractivity contribution in [2.24, 2.45) is 0 Å². The first kappa shape index (κ1) is 26.9. The molecule has 3 nitrogen and oxygen atoms in total. The van der Waals surface area contributed by atoms with E-state index in [4.69, 9.17) is 0 Å². The Hall–Kier alpha value is -1.27. The van der Waals surface area contributed by atoms with Crippen LogP contribution in [-0.4, -0.2) is 64.8 Å². The molecule has 2 saturated heterocycles. The van der Waals surface area contributed by atoms with Crippen molar-refractivity contribution in [1.82, 2.24) is 9.80 Å². The SMILES string of the molecule is O=C(c1cccc(CN2CCSCC2)c1C1CCCC1)c1cccc(CN2CCSCC2)c1C1CCCC1. The Balaban J connectivity index is 1.38. The lowest BCUT2D eigenvalue weighted by Crippen LogP contribution is -2.33. The Bertz CT molecular complexity index is 1010. The number of carbonyl (C=O) groups excluding carboxylic acids is 1. The second kappa shape index (κ2) is 12.9. The van der Waals surface area contributed by atoms with Gasteiger partial charge in [0.1, 0.15) is 0 Å². The third-order valence-corrected chi connectivity index (χ3v) is 11.3. The van der Waals surface area contributed by atoms with Crippen molar-refractivity contribution >= 4 is 29.3 Å². The molecule has 0 spiro atoms. The number of hydrogen-bond donors (Lipinski definition) is 0. The van der Waals surface area contributed by atoms with Gasteiger partial charge in [0.25, 0.3) is 0 Å². The molecule has 4 fully saturated rings. The fourth-order valence-corrected chi connectivity index (χ4v) is 9.39. The number of nitrogens with zero attached hydrogens (tertiary/aromatic N) is 2. The van der Waals surface area contributed by atoms with E-state index in [1.807, 2.05) is 0 Å². The van der Waals surface area contributed by atoms with Gasteiger partial charge in [0, 0.05) is 73.4 Å². The lowest BCUT2D eigenvalue weighted by molar-refractivity contribution is 0.103. The zero-order valence-corrected chi connectivity index (χ0v) is 24.6. The molecule has 0 bridgehead atoms. The minimum Gasteiger partial charge on any atom is -0.297 e. The summed E-state index contributed by atoms with van der Waals surface area (Å²) in [7, 11) is 0. The van der Waals surface area contributed by atoms with Crippen molar-refractivity contribution < 1.29 is 4.79 Å². The number of thioether (sulfide) groups is 2. The molecule has 0 amide bonds. The molecule has 2 aliphatic carbocycles. The molecule has 5 heteroatoms. The Morgan fingerprint density at radius 1 is 0.632 bits per heavy atom. The highest BCUT2D eigenvalue weighted by atomic mass is 32.2. The average molecular weight is 549 g/mol. The number of rotatable bonds is 8. The summed E-state index contributed by atoms with van der Waals surface area (Å²) in [4.78, 5) is 19.9. The molecule has 2 saturated carbocycles. The molecular formula is C33H44N2OS2. The standard InChI is InChI=1S/C33H44N2OS2/c36-33(29-13-5-11-27(23-34-15-19-37-20-16-34)31(29)25-7-1-2-8-25)30-14-6-12-28(24-35-17-21-38-22-18-35)32(30)26-9-3-4-10-26/h5-6,11-14,25-26H,1-4,7-10,15-24H2. The second-order valence-corrected chi connectivity index (χ2v) is 14.3. The van der Waals surface area contributed by atoms with Gasteiger partial charge in [-0.05, 0) is 59.8 Å².